The molecule has 0 saturated carbocycles. The van der Waals surface area contributed by atoms with Crippen LogP contribution in [0.5, 0.6) is 0 Å². The second-order valence-corrected chi connectivity index (χ2v) is 6.87. The van der Waals surface area contributed by atoms with Crippen LogP contribution in [-0.2, 0) is 23.2 Å². The third-order valence-corrected chi connectivity index (χ3v) is 4.20. The lowest BCUT2D eigenvalue weighted by atomic mass is 9.94. The summed E-state index contributed by atoms with van der Waals surface area (Å²) in [7, 11) is 0. The molecule has 20 heavy (non-hydrogen) atoms. The SMILES string of the molecule is CC(C)(C)c1nc2c(n1C1CCC(=O)NC1)CCNC2. The highest BCUT2D eigenvalue weighted by molar-refractivity contribution is 5.76. The van der Waals surface area contributed by atoms with Gasteiger partial charge in [0, 0.05) is 43.6 Å². The summed E-state index contributed by atoms with van der Waals surface area (Å²) in [5.74, 6) is 1.33. The van der Waals surface area contributed by atoms with Crippen molar-refractivity contribution in [3.05, 3.63) is 17.2 Å². The summed E-state index contributed by atoms with van der Waals surface area (Å²) in [6.07, 6.45) is 2.58. The van der Waals surface area contributed by atoms with Crippen LogP contribution in [-0.4, -0.2) is 28.5 Å². The fourth-order valence-electron chi connectivity index (χ4n) is 3.20. The molecule has 1 unspecified atom stereocenters. The smallest absolute Gasteiger partial charge is 0.220 e. The minimum absolute atomic E-state index is 0.0266. The monoisotopic (exact) mass is 276 g/mol. The molecule has 110 valence electrons. The second kappa shape index (κ2) is 4.88. The van der Waals surface area contributed by atoms with Gasteiger partial charge in [0.15, 0.2) is 0 Å². The predicted molar refractivity (Wildman–Crippen MR) is 77.6 cm³/mol. The van der Waals surface area contributed by atoms with Crippen molar-refractivity contribution in [1.82, 2.24) is 20.2 Å². The van der Waals surface area contributed by atoms with Crippen molar-refractivity contribution in [1.29, 1.82) is 0 Å². The molecule has 0 aromatic carbocycles. The van der Waals surface area contributed by atoms with Crippen LogP contribution in [0.15, 0.2) is 0 Å². The molecular weight excluding hydrogens is 252 g/mol. The first-order valence-corrected chi connectivity index (χ1v) is 7.54. The molecule has 1 fully saturated rings. The Bertz CT molecular complexity index is 517. The molecule has 0 bridgehead atoms. The predicted octanol–water partition coefficient (Wildman–Crippen LogP) is 1.28. The number of carbonyl (C=O) groups is 1. The quantitative estimate of drug-likeness (QED) is 0.812. The lowest BCUT2D eigenvalue weighted by Crippen LogP contribution is -2.38. The number of aromatic nitrogens is 2. The van der Waals surface area contributed by atoms with Crippen molar-refractivity contribution in [2.24, 2.45) is 0 Å². The highest BCUT2D eigenvalue weighted by Gasteiger charge is 2.32. The zero-order valence-corrected chi connectivity index (χ0v) is 12.6. The van der Waals surface area contributed by atoms with Gasteiger partial charge in [0.25, 0.3) is 0 Å². The van der Waals surface area contributed by atoms with E-state index in [4.69, 9.17) is 4.98 Å². The van der Waals surface area contributed by atoms with E-state index in [1.165, 1.54) is 11.4 Å². The van der Waals surface area contributed by atoms with Gasteiger partial charge in [-0.05, 0) is 6.42 Å². The Morgan fingerprint density at radius 1 is 1.30 bits per heavy atom. The Balaban J connectivity index is 2.02. The molecular formula is C15H24N4O. The summed E-state index contributed by atoms with van der Waals surface area (Å²) in [5, 5.41) is 6.40. The van der Waals surface area contributed by atoms with Crippen LogP contribution >= 0.6 is 0 Å². The number of nitrogens with one attached hydrogen (secondary N) is 2. The largest absolute Gasteiger partial charge is 0.354 e. The molecule has 0 radical (unpaired) electrons. The maximum absolute atomic E-state index is 11.4. The number of rotatable bonds is 1. The van der Waals surface area contributed by atoms with Crippen LogP contribution in [0.1, 0.15) is 56.9 Å². The van der Waals surface area contributed by atoms with Crippen LogP contribution in [0.25, 0.3) is 0 Å². The molecule has 1 aromatic rings. The highest BCUT2D eigenvalue weighted by atomic mass is 16.1. The summed E-state index contributed by atoms with van der Waals surface area (Å²) in [6, 6.07) is 0.358. The number of imidazole rings is 1. The van der Waals surface area contributed by atoms with E-state index in [0.717, 1.165) is 38.3 Å². The van der Waals surface area contributed by atoms with Gasteiger partial charge in [-0.25, -0.2) is 4.98 Å². The zero-order valence-electron chi connectivity index (χ0n) is 12.6. The molecule has 1 saturated heterocycles. The molecule has 1 atom stereocenters. The van der Waals surface area contributed by atoms with E-state index in [-0.39, 0.29) is 11.3 Å². The fourth-order valence-corrected chi connectivity index (χ4v) is 3.20. The Hall–Kier alpha value is -1.36. The van der Waals surface area contributed by atoms with Gasteiger partial charge in [-0.15, -0.1) is 0 Å². The van der Waals surface area contributed by atoms with Crippen LogP contribution < -0.4 is 10.6 Å². The molecule has 2 aliphatic heterocycles. The molecule has 1 aromatic heterocycles. The minimum atomic E-state index is 0.0266. The van der Waals surface area contributed by atoms with E-state index < -0.39 is 0 Å². The highest BCUT2D eigenvalue weighted by Crippen LogP contribution is 2.31. The van der Waals surface area contributed by atoms with Gasteiger partial charge in [0.2, 0.25) is 5.91 Å². The van der Waals surface area contributed by atoms with E-state index in [1.54, 1.807) is 0 Å². The minimum Gasteiger partial charge on any atom is -0.354 e. The summed E-state index contributed by atoms with van der Waals surface area (Å²) >= 11 is 0. The molecule has 5 nitrogen and oxygen atoms in total. The summed E-state index contributed by atoms with van der Waals surface area (Å²) < 4.78 is 2.43. The maximum Gasteiger partial charge on any atom is 0.220 e. The third-order valence-electron chi connectivity index (χ3n) is 4.20. The Morgan fingerprint density at radius 2 is 2.10 bits per heavy atom. The Morgan fingerprint density at radius 3 is 2.75 bits per heavy atom. The van der Waals surface area contributed by atoms with Gasteiger partial charge in [-0.3, -0.25) is 4.79 Å². The van der Waals surface area contributed by atoms with Gasteiger partial charge in [0.1, 0.15) is 5.82 Å². The third kappa shape index (κ3) is 2.35. The Kier molecular flexibility index (Phi) is 3.32. The second-order valence-electron chi connectivity index (χ2n) is 6.87. The molecule has 3 rings (SSSR count). The number of fused-ring (bicyclic) bond motifs is 1. The van der Waals surface area contributed by atoms with Crippen molar-refractivity contribution < 1.29 is 4.79 Å². The van der Waals surface area contributed by atoms with E-state index in [2.05, 4.69) is 36.0 Å². The van der Waals surface area contributed by atoms with Gasteiger partial charge in [-0.1, -0.05) is 20.8 Å². The van der Waals surface area contributed by atoms with Gasteiger partial charge in [0.05, 0.1) is 11.7 Å². The van der Waals surface area contributed by atoms with Gasteiger partial charge >= 0.3 is 0 Å². The topological polar surface area (TPSA) is 59.0 Å². The maximum atomic E-state index is 11.4. The molecule has 3 heterocycles. The lowest BCUT2D eigenvalue weighted by molar-refractivity contribution is -0.122. The van der Waals surface area contributed by atoms with Gasteiger partial charge < -0.3 is 15.2 Å². The molecule has 2 aliphatic rings. The molecule has 1 amide bonds. The number of amides is 1. The van der Waals surface area contributed by atoms with Crippen LogP contribution in [0.2, 0.25) is 0 Å². The van der Waals surface area contributed by atoms with Crippen LogP contribution in [0.3, 0.4) is 0 Å². The van der Waals surface area contributed by atoms with E-state index in [0.29, 0.717) is 12.5 Å². The zero-order chi connectivity index (χ0) is 14.3. The normalized spacial score (nSPS) is 23.4. The van der Waals surface area contributed by atoms with Crippen LogP contribution in [0.4, 0.5) is 0 Å². The van der Waals surface area contributed by atoms with E-state index in [1.807, 2.05) is 0 Å². The lowest BCUT2D eigenvalue weighted by Gasteiger charge is -2.31. The number of nitrogens with zero attached hydrogens (tertiary/aromatic N) is 2. The number of hydrogen-bond acceptors (Lipinski definition) is 3. The van der Waals surface area contributed by atoms with E-state index in [9.17, 15) is 4.79 Å². The molecule has 0 aliphatic carbocycles. The van der Waals surface area contributed by atoms with Gasteiger partial charge in [-0.2, -0.15) is 0 Å². The van der Waals surface area contributed by atoms with Crippen molar-refractivity contribution in [3.8, 4) is 0 Å². The first kappa shape index (κ1) is 13.6. The summed E-state index contributed by atoms with van der Waals surface area (Å²) in [5.41, 5.74) is 2.59. The average Bonchev–Trinajstić information content (AvgIpc) is 2.79. The molecule has 5 heteroatoms. The number of carbonyl (C=O) groups excluding carboxylic acids is 1. The summed E-state index contributed by atoms with van der Waals surface area (Å²) in [4.78, 5) is 16.3. The summed E-state index contributed by atoms with van der Waals surface area (Å²) in [6.45, 7) is 9.26. The van der Waals surface area contributed by atoms with Crippen molar-refractivity contribution in [2.75, 3.05) is 13.1 Å². The first-order chi connectivity index (χ1) is 9.47. The average molecular weight is 276 g/mol. The van der Waals surface area contributed by atoms with E-state index >= 15 is 0 Å². The molecule has 2 N–H and O–H groups in total. The molecule has 0 spiro atoms. The van der Waals surface area contributed by atoms with Crippen molar-refractivity contribution in [2.45, 2.75) is 58.0 Å². The van der Waals surface area contributed by atoms with Crippen LogP contribution in [0, 0.1) is 0 Å². The first-order valence-electron chi connectivity index (χ1n) is 7.54. The standard InChI is InChI=1S/C15H24N4O/c1-15(2,3)14-18-11-9-16-7-6-12(11)19(14)10-4-5-13(20)17-8-10/h10,16H,4-9H2,1-3H3,(H,17,20). The number of hydrogen-bond donors (Lipinski definition) is 2. The van der Waals surface area contributed by atoms with Crippen molar-refractivity contribution in [3.63, 3.8) is 0 Å². The Labute approximate surface area is 120 Å². The number of piperidine rings is 1. The van der Waals surface area contributed by atoms with Crippen molar-refractivity contribution >= 4 is 5.91 Å². The fraction of sp³-hybridized carbons (Fsp3) is 0.733.